The van der Waals surface area contributed by atoms with Gasteiger partial charge in [0.05, 0.1) is 17.5 Å². The summed E-state index contributed by atoms with van der Waals surface area (Å²) in [7, 11) is -3.82. The molecule has 0 radical (unpaired) electrons. The number of sulfonamides is 1. The van der Waals surface area contributed by atoms with Crippen LogP contribution in [0.4, 0.5) is 24.5 Å². The first-order valence-electron chi connectivity index (χ1n) is 9.31. The van der Waals surface area contributed by atoms with Crippen LogP contribution in [0, 0.1) is 20.8 Å². The lowest BCUT2D eigenvalue weighted by Gasteiger charge is -2.23. The maximum atomic E-state index is 13.0. The summed E-state index contributed by atoms with van der Waals surface area (Å²) in [6, 6.07) is 8.02. The van der Waals surface area contributed by atoms with Gasteiger partial charge < -0.3 is 5.32 Å². The third-order valence-electron chi connectivity index (χ3n) is 4.57. The number of rotatable bonds is 7. The van der Waals surface area contributed by atoms with Crippen molar-refractivity contribution in [2.24, 2.45) is 0 Å². The second-order valence-electron chi connectivity index (χ2n) is 7.31. The van der Waals surface area contributed by atoms with Gasteiger partial charge in [0.15, 0.2) is 0 Å². The lowest BCUT2D eigenvalue weighted by atomic mass is 10.0. The Hall–Kier alpha value is -2.55. The van der Waals surface area contributed by atoms with Crippen LogP contribution in [-0.4, -0.2) is 27.1 Å². The molecule has 0 aromatic heterocycles. The highest BCUT2D eigenvalue weighted by Crippen LogP contribution is 2.32. The molecule has 1 N–H and O–H groups in total. The summed E-state index contributed by atoms with van der Waals surface area (Å²) in [6.45, 7) is 5.61. The molecular formula is C21H25F3N2O3S. The van der Waals surface area contributed by atoms with Crippen LogP contribution in [0.15, 0.2) is 36.4 Å². The number of carbonyl (C=O) groups excluding carboxylic acids is 1. The SMILES string of the molecule is Cc1cc(C)c(NC(=O)CCCN(c2cccc(C(F)(F)F)c2)S(C)(=O)=O)c(C)c1. The Balaban J connectivity index is 2.09. The van der Waals surface area contributed by atoms with E-state index >= 15 is 0 Å². The largest absolute Gasteiger partial charge is 0.416 e. The van der Waals surface area contributed by atoms with E-state index in [-0.39, 0.29) is 31.0 Å². The Bertz CT molecular complexity index is 1010. The summed E-state index contributed by atoms with van der Waals surface area (Å²) >= 11 is 0. The number of aryl methyl sites for hydroxylation is 3. The van der Waals surface area contributed by atoms with Crippen molar-refractivity contribution in [3.05, 3.63) is 58.7 Å². The fourth-order valence-corrected chi connectivity index (χ4v) is 4.24. The zero-order valence-electron chi connectivity index (χ0n) is 17.3. The highest BCUT2D eigenvalue weighted by atomic mass is 32.2. The number of nitrogens with one attached hydrogen (secondary N) is 1. The molecule has 0 atom stereocenters. The van der Waals surface area contributed by atoms with Crippen molar-refractivity contribution in [3.8, 4) is 0 Å². The molecular weight excluding hydrogens is 417 g/mol. The van der Waals surface area contributed by atoms with E-state index in [1.807, 2.05) is 32.9 Å². The maximum Gasteiger partial charge on any atom is 0.416 e. The van der Waals surface area contributed by atoms with Crippen molar-refractivity contribution >= 4 is 27.3 Å². The van der Waals surface area contributed by atoms with Crippen molar-refractivity contribution in [2.75, 3.05) is 22.4 Å². The Labute approximate surface area is 175 Å². The minimum atomic E-state index is -4.58. The van der Waals surface area contributed by atoms with Gasteiger partial charge in [-0.1, -0.05) is 23.8 Å². The van der Waals surface area contributed by atoms with E-state index in [2.05, 4.69) is 5.32 Å². The predicted molar refractivity (Wildman–Crippen MR) is 112 cm³/mol. The minimum absolute atomic E-state index is 0.0255. The normalized spacial score (nSPS) is 12.0. The van der Waals surface area contributed by atoms with E-state index < -0.39 is 21.8 Å². The quantitative estimate of drug-likeness (QED) is 0.669. The first-order valence-corrected chi connectivity index (χ1v) is 11.2. The van der Waals surface area contributed by atoms with Crippen LogP contribution < -0.4 is 9.62 Å². The van der Waals surface area contributed by atoms with Crippen molar-refractivity contribution in [3.63, 3.8) is 0 Å². The second-order valence-corrected chi connectivity index (χ2v) is 9.22. The standard InChI is InChI=1S/C21H25F3N2O3S/c1-14-11-15(2)20(16(3)12-14)25-19(27)9-6-10-26(30(4,28)29)18-8-5-7-17(13-18)21(22,23)24/h5,7-8,11-13H,6,9-10H2,1-4H3,(H,25,27). The number of nitrogens with zero attached hydrogens (tertiary/aromatic N) is 1. The third kappa shape index (κ3) is 6.22. The van der Waals surface area contributed by atoms with E-state index in [4.69, 9.17) is 0 Å². The van der Waals surface area contributed by atoms with E-state index in [1.165, 1.54) is 6.07 Å². The Morgan fingerprint density at radius 3 is 2.20 bits per heavy atom. The molecule has 2 aromatic carbocycles. The number of hydrogen-bond donors (Lipinski definition) is 1. The average molecular weight is 443 g/mol. The number of hydrogen-bond acceptors (Lipinski definition) is 3. The number of benzene rings is 2. The van der Waals surface area contributed by atoms with Gasteiger partial charge in [-0.25, -0.2) is 8.42 Å². The van der Waals surface area contributed by atoms with Gasteiger partial charge >= 0.3 is 6.18 Å². The van der Waals surface area contributed by atoms with Crippen LogP contribution in [0.2, 0.25) is 0 Å². The second kappa shape index (κ2) is 9.07. The van der Waals surface area contributed by atoms with Crippen molar-refractivity contribution in [2.45, 2.75) is 39.8 Å². The van der Waals surface area contributed by atoms with Gasteiger partial charge in [-0.05, 0) is 56.5 Å². The molecule has 2 rings (SSSR count). The van der Waals surface area contributed by atoms with Crippen LogP contribution in [0.25, 0.3) is 0 Å². The van der Waals surface area contributed by atoms with Crippen LogP contribution in [0.5, 0.6) is 0 Å². The van der Waals surface area contributed by atoms with Gasteiger partial charge in [-0.15, -0.1) is 0 Å². The monoisotopic (exact) mass is 442 g/mol. The number of alkyl halides is 3. The molecule has 1 amide bonds. The van der Waals surface area contributed by atoms with Gasteiger partial charge in [0.2, 0.25) is 15.9 Å². The number of halogens is 3. The molecule has 0 aliphatic heterocycles. The lowest BCUT2D eigenvalue weighted by molar-refractivity contribution is -0.137. The molecule has 0 heterocycles. The number of anilines is 2. The van der Waals surface area contributed by atoms with E-state index in [9.17, 15) is 26.4 Å². The summed E-state index contributed by atoms with van der Waals surface area (Å²) in [6.07, 6.45) is -3.48. The van der Waals surface area contributed by atoms with Crippen LogP contribution in [0.3, 0.4) is 0 Å². The smallest absolute Gasteiger partial charge is 0.326 e. The first-order chi connectivity index (χ1) is 13.8. The summed E-state index contributed by atoms with van der Waals surface area (Å²) < 4.78 is 64.0. The molecule has 30 heavy (non-hydrogen) atoms. The van der Waals surface area contributed by atoms with Gasteiger partial charge in [-0.2, -0.15) is 13.2 Å². The summed E-state index contributed by atoms with van der Waals surface area (Å²) in [5.74, 6) is -0.289. The highest BCUT2D eigenvalue weighted by Gasteiger charge is 2.31. The third-order valence-corrected chi connectivity index (χ3v) is 5.76. The first kappa shape index (κ1) is 23.7. The topological polar surface area (TPSA) is 66.5 Å². The molecule has 0 saturated carbocycles. The fourth-order valence-electron chi connectivity index (χ4n) is 3.29. The van der Waals surface area contributed by atoms with Crippen molar-refractivity contribution in [1.29, 1.82) is 0 Å². The van der Waals surface area contributed by atoms with E-state index in [0.29, 0.717) is 5.69 Å². The lowest BCUT2D eigenvalue weighted by Crippen LogP contribution is -2.31. The van der Waals surface area contributed by atoms with Crippen molar-refractivity contribution in [1.82, 2.24) is 0 Å². The highest BCUT2D eigenvalue weighted by molar-refractivity contribution is 7.92. The Morgan fingerprint density at radius 2 is 1.67 bits per heavy atom. The van der Waals surface area contributed by atoms with Gasteiger partial charge in [0.1, 0.15) is 0 Å². The molecule has 9 heteroatoms. The molecule has 0 fully saturated rings. The van der Waals surface area contributed by atoms with Crippen LogP contribution >= 0.6 is 0 Å². The molecule has 0 unspecified atom stereocenters. The molecule has 0 aliphatic rings. The van der Waals surface area contributed by atoms with Gasteiger partial charge in [0, 0.05) is 18.7 Å². The number of amides is 1. The fraction of sp³-hybridized carbons (Fsp3) is 0.381. The van der Waals surface area contributed by atoms with Gasteiger partial charge in [-0.3, -0.25) is 9.10 Å². The predicted octanol–water partition coefficient (Wildman–Crippen LogP) is 4.82. The van der Waals surface area contributed by atoms with Crippen molar-refractivity contribution < 1.29 is 26.4 Å². The van der Waals surface area contributed by atoms with Crippen LogP contribution in [-0.2, 0) is 21.0 Å². The maximum absolute atomic E-state index is 13.0. The Kier molecular flexibility index (Phi) is 7.18. The molecule has 2 aromatic rings. The average Bonchev–Trinajstić information content (AvgIpc) is 2.60. The molecule has 164 valence electrons. The molecule has 0 aliphatic carbocycles. The van der Waals surface area contributed by atoms with Crippen LogP contribution in [0.1, 0.15) is 35.1 Å². The minimum Gasteiger partial charge on any atom is -0.326 e. The Morgan fingerprint density at radius 1 is 1.07 bits per heavy atom. The molecule has 0 saturated heterocycles. The zero-order chi connectivity index (χ0) is 22.7. The van der Waals surface area contributed by atoms with Gasteiger partial charge in [0.25, 0.3) is 0 Å². The summed E-state index contributed by atoms with van der Waals surface area (Å²) in [4.78, 5) is 12.3. The summed E-state index contributed by atoms with van der Waals surface area (Å²) in [5.41, 5.74) is 2.61. The molecule has 5 nitrogen and oxygen atoms in total. The number of carbonyl (C=O) groups is 1. The van der Waals surface area contributed by atoms with E-state index in [0.717, 1.165) is 45.5 Å². The molecule has 0 spiro atoms. The molecule has 0 bridgehead atoms. The zero-order valence-corrected chi connectivity index (χ0v) is 18.1. The van der Waals surface area contributed by atoms with E-state index in [1.54, 1.807) is 0 Å². The summed E-state index contributed by atoms with van der Waals surface area (Å²) in [5, 5.41) is 2.83.